The Morgan fingerprint density at radius 3 is 2.54 bits per heavy atom. The Morgan fingerprint density at radius 1 is 1.27 bits per heavy atom. The van der Waals surface area contributed by atoms with E-state index in [0.717, 1.165) is 43.5 Å². The van der Waals surface area contributed by atoms with Crippen LogP contribution in [0.3, 0.4) is 0 Å². The number of rotatable bonds is 4. The van der Waals surface area contributed by atoms with Crippen molar-refractivity contribution < 1.29 is 14.6 Å². The molecule has 1 aromatic heterocycles. The van der Waals surface area contributed by atoms with E-state index in [0.29, 0.717) is 32.4 Å². The zero-order chi connectivity index (χ0) is 18.8. The molecule has 0 saturated carbocycles. The van der Waals surface area contributed by atoms with E-state index in [1.54, 1.807) is 11.3 Å². The fraction of sp³-hybridized carbons (Fsp3) is 0.789. The maximum absolute atomic E-state index is 12.4. The first-order valence-electron chi connectivity index (χ1n) is 9.50. The zero-order valence-corrected chi connectivity index (χ0v) is 17.0. The van der Waals surface area contributed by atoms with Crippen molar-refractivity contribution in [3.63, 3.8) is 0 Å². The van der Waals surface area contributed by atoms with Gasteiger partial charge in [-0.2, -0.15) is 0 Å². The molecule has 7 heteroatoms. The van der Waals surface area contributed by atoms with Crippen LogP contribution in [0.25, 0.3) is 0 Å². The predicted molar refractivity (Wildman–Crippen MR) is 102 cm³/mol. The molecule has 26 heavy (non-hydrogen) atoms. The van der Waals surface area contributed by atoms with Crippen LogP contribution < -0.4 is 0 Å². The van der Waals surface area contributed by atoms with Crippen LogP contribution in [-0.4, -0.2) is 65.2 Å². The maximum atomic E-state index is 12.4. The van der Waals surface area contributed by atoms with Gasteiger partial charge < -0.3 is 14.7 Å². The van der Waals surface area contributed by atoms with E-state index in [2.05, 4.69) is 25.7 Å². The molecule has 2 aliphatic rings. The Balaban J connectivity index is 1.56. The minimum atomic E-state index is -0.904. The van der Waals surface area contributed by atoms with Crippen LogP contribution in [0.2, 0.25) is 0 Å². The number of carbonyl (C=O) groups is 1. The molecule has 146 valence electrons. The van der Waals surface area contributed by atoms with Crippen molar-refractivity contribution in [2.75, 3.05) is 39.4 Å². The number of piperidine rings is 1. The normalized spacial score (nSPS) is 21.8. The number of hydrogen-bond acceptors (Lipinski definition) is 6. The molecule has 0 spiro atoms. The van der Waals surface area contributed by atoms with Crippen LogP contribution in [0, 0.1) is 5.41 Å². The van der Waals surface area contributed by atoms with Gasteiger partial charge in [-0.3, -0.25) is 9.69 Å². The quantitative estimate of drug-likeness (QED) is 0.866. The molecule has 2 aliphatic heterocycles. The number of morpholine rings is 1. The van der Waals surface area contributed by atoms with Gasteiger partial charge in [0.1, 0.15) is 10.6 Å². The smallest absolute Gasteiger partial charge is 0.223 e. The molecule has 0 radical (unpaired) electrons. The number of carbonyl (C=O) groups excluding carboxylic acids is 1. The summed E-state index contributed by atoms with van der Waals surface area (Å²) in [4.78, 5) is 21.3. The van der Waals surface area contributed by atoms with Gasteiger partial charge in [0.15, 0.2) is 0 Å². The van der Waals surface area contributed by atoms with Crippen LogP contribution >= 0.6 is 11.3 Å². The Labute approximate surface area is 160 Å². The molecule has 0 unspecified atom stereocenters. The number of thiazole rings is 1. The fourth-order valence-corrected chi connectivity index (χ4v) is 4.42. The van der Waals surface area contributed by atoms with E-state index in [1.807, 2.05) is 10.3 Å². The zero-order valence-electron chi connectivity index (χ0n) is 16.2. The lowest BCUT2D eigenvalue weighted by Gasteiger charge is -2.38. The molecular formula is C19H31N3O3S. The lowest BCUT2D eigenvalue weighted by Crippen LogP contribution is -2.46. The summed E-state index contributed by atoms with van der Waals surface area (Å²) in [6.07, 6.45) is 1.67. The largest absolute Gasteiger partial charge is 0.383 e. The first-order chi connectivity index (χ1) is 12.3. The Morgan fingerprint density at radius 2 is 1.92 bits per heavy atom. The van der Waals surface area contributed by atoms with Crippen molar-refractivity contribution in [2.45, 2.75) is 52.2 Å². The molecule has 2 fully saturated rings. The maximum Gasteiger partial charge on any atom is 0.223 e. The summed E-state index contributed by atoms with van der Waals surface area (Å²) in [5, 5.41) is 14.1. The third-order valence-corrected chi connectivity index (χ3v) is 5.95. The molecular weight excluding hydrogens is 350 g/mol. The molecule has 2 saturated heterocycles. The van der Waals surface area contributed by atoms with Gasteiger partial charge in [0.05, 0.1) is 25.5 Å². The standard InChI is InChI=1S/C19H31N3O3S/c1-18(2,3)12-17(23)22-6-4-19(24,5-7-22)15-14-26-16(20-15)13-21-8-10-25-11-9-21/h14,24H,4-13H2,1-3H3. The summed E-state index contributed by atoms with van der Waals surface area (Å²) in [6.45, 7) is 11.7. The topological polar surface area (TPSA) is 65.9 Å². The molecule has 0 atom stereocenters. The van der Waals surface area contributed by atoms with Crippen molar-refractivity contribution in [2.24, 2.45) is 5.41 Å². The monoisotopic (exact) mass is 381 g/mol. The average Bonchev–Trinajstić information content (AvgIpc) is 3.04. The summed E-state index contributed by atoms with van der Waals surface area (Å²) >= 11 is 1.62. The van der Waals surface area contributed by atoms with E-state index >= 15 is 0 Å². The van der Waals surface area contributed by atoms with Gasteiger partial charge in [-0.1, -0.05) is 20.8 Å². The number of hydrogen-bond donors (Lipinski definition) is 1. The third kappa shape index (κ3) is 5.03. The number of ether oxygens (including phenoxy) is 1. The highest BCUT2D eigenvalue weighted by atomic mass is 32.1. The van der Waals surface area contributed by atoms with Crippen molar-refractivity contribution in [3.05, 3.63) is 16.1 Å². The molecule has 3 heterocycles. The number of likely N-dealkylation sites (tertiary alicyclic amines) is 1. The van der Waals surface area contributed by atoms with Gasteiger partial charge in [-0.25, -0.2) is 4.98 Å². The lowest BCUT2D eigenvalue weighted by atomic mass is 9.87. The molecule has 6 nitrogen and oxygen atoms in total. The fourth-order valence-electron chi connectivity index (χ4n) is 3.50. The molecule has 1 N–H and O–H groups in total. The second-order valence-electron chi connectivity index (χ2n) is 8.66. The van der Waals surface area contributed by atoms with Crippen LogP contribution in [-0.2, 0) is 21.7 Å². The van der Waals surface area contributed by atoms with E-state index in [1.165, 1.54) is 0 Å². The highest BCUT2D eigenvalue weighted by Gasteiger charge is 2.37. The molecule has 3 rings (SSSR count). The molecule has 0 bridgehead atoms. The predicted octanol–water partition coefficient (Wildman–Crippen LogP) is 2.22. The van der Waals surface area contributed by atoms with Gasteiger partial charge in [0.2, 0.25) is 5.91 Å². The Kier molecular flexibility index (Phi) is 6.01. The minimum Gasteiger partial charge on any atom is -0.383 e. The van der Waals surface area contributed by atoms with Crippen LogP contribution in [0.1, 0.15) is 50.7 Å². The van der Waals surface area contributed by atoms with Gasteiger partial charge in [-0.15, -0.1) is 11.3 Å². The highest BCUT2D eigenvalue weighted by molar-refractivity contribution is 7.09. The second kappa shape index (κ2) is 7.92. The third-order valence-electron chi connectivity index (χ3n) is 5.12. The number of aliphatic hydroxyl groups is 1. The van der Waals surface area contributed by atoms with Gasteiger partial charge in [0, 0.05) is 38.0 Å². The van der Waals surface area contributed by atoms with Crippen LogP contribution in [0.4, 0.5) is 0 Å². The first-order valence-corrected chi connectivity index (χ1v) is 10.4. The second-order valence-corrected chi connectivity index (χ2v) is 9.61. The van der Waals surface area contributed by atoms with E-state index < -0.39 is 5.60 Å². The van der Waals surface area contributed by atoms with Gasteiger partial charge >= 0.3 is 0 Å². The highest BCUT2D eigenvalue weighted by Crippen LogP contribution is 2.34. The van der Waals surface area contributed by atoms with Crippen molar-refractivity contribution in [1.82, 2.24) is 14.8 Å². The van der Waals surface area contributed by atoms with Gasteiger partial charge in [0.25, 0.3) is 0 Å². The summed E-state index contributed by atoms with van der Waals surface area (Å²) in [5.41, 5.74) is -0.138. The number of nitrogens with zero attached hydrogens (tertiary/aromatic N) is 3. The molecule has 1 amide bonds. The van der Waals surface area contributed by atoms with Crippen molar-refractivity contribution in [3.8, 4) is 0 Å². The minimum absolute atomic E-state index is 0.00581. The molecule has 0 aliphatic carbocycles. The van der Waals surface area contributed by atoms with Crippen molar-refractivity contribution in [1.29, 1.82) is 0 Å². The summed E-state index contributed by atoms with van der Waals surface area (Å²) < 4.78 is 5.38. The van der Waals surface area contributed by atoms with Gasteiger partial charge in [-0.05, 0) is 18.3 Å². The number of amides is 1. The Hall–Kier alpha value is -1.02. The molecule has 1 aromatic rings. The molecule has 0 aromatic carbocycles. The van der Waals surface area contributed by atoms with Crippen LogP contribution in [0.5, 0.6) is 0 Å². The van der Waals surface area contributed by atoms with E-state index in [-0.39, 0.29) is 11.3 Å². The number of aromatic nitrogens is 1. The van der Waals surface area contributed by atoms with Crippen molar-refractivity contribution >= 4 is 17.2 Å². The Bertz CT molecular complexity index is 612. The lowest BCUT2D eigenvalue weighted by molar-refractivity contribution is -0.137. The summed E-state index contributed by atoms with van der Waals surface area (Å²) in [6, 6.07) is 0. The van der Waals surface area contributed by atoms with Crippen LogP contribution in [0.15, 0.2) is 5.38 Å². The first kappa shape index (κ1) is 19.7. The summed E-state index contributed by atoms with van der Waals surface area (Å²) in [5.74, 6) is 0.186. The summed E-state index contributed by atoms with van der Waals surface area (Å²) in [7, 11) is 0. The SMILES string of the molecule is CC(C)(C)CC(=O)N1CCC(O)(c2csc(CN3CCOCC3)n2)CC1. The van der Waals surface area contributed by atoms with E-state index in [4.69, 9.17) is 9.72 Å². The van der Waals surface area contributed by atoms with E-state index in [9.17, 15) is 9.90 Å². The average molecular weight is 382 g/mol.